The highest BCUT2D eigenvalue weighted by molar-refractivity contribution is 5.77. The molecule has 2 aromatic rings. The van der Waals surface area contributed by atoms with Crippen LogP contribution in [0, 0.1) is 5.82 Å². The fourth-order valence-corrected chi connectivity index (χ4v) is 4.64. The largest absolute Gasteiger partial charge is 0.483 e. The summed E-state index contributed by atoms with van der Waals surface area (Å²) in [4.78, 5) is 19.6. The Kier molecular flexibility index (Phi) is 8.91. The van der Waals surface area contributed by atoms with Gasteiger partial charge >= 0.3 is 0 Å². The fraction of sp³-hybridized carbons (Fsp3) is 0.519. The lowest BCUT2D eigenvalue weighted by atomic mass is 10.0. The number of hydrogen-bond donors (Lipinski definition) is 1. The molecule has 2 aliphatic rings. The van der Waals surface area contributed by atoms with Crippen LogP contribution >= 0.6 is 0 Å². The van der Waals surface area contributed by atoms with Crippen LogP contribution < -0.4 is 10.1 Å². The van der Waals surface area contributed by atoms with Crippen molar-refractivity contribution >= 4 is 5.91 Å². The third-order valence-electron chi connectivity index (χ3n) is 6.79. The van der Waals surface area contributed by atoms with Crippen molar-refractivity contribution in [3.05, 3.63) is 53.8 Å². The van der Waals surface area contributed by atoms with E-state index in [-0.39, 0.29) is 18.3 Å². The van der Waals surface area contributed by atoms with Gasteiger partial charge in [0.15, 0.2) is 6.61 Å². The Labute approximate surface area is 202 Å². The smallest absolute Gasteiger partial charge is 0.257 e. The zero-order valence-electron chi connectivity index (χ0n) is 20.3. The van der Waals surface area contributed by atoms with Crippen LogP contribution in [0.2, 0.25) is 0 Å². The number of likely N-dealkylation sites (tertiary alicyclic amines) is 1. The Morgan fingerprint density at radius 3 is 2.35 bits per heavy atom. The molecule has 2 aliphatic heterocycles. The number of carbonyl (C=O) groups excluding carboxylic acids is 1. The van der Waals surface area contributed by atoms with Gasteiger partial charge in [-0.3, -0.25) is 9.69 Å². The highest BCUT2D eigenvalue weighted by atomic mass is 19.1. The first-order valence-electron chi connectivity index (χ1n) is 12.5. The second kappa shape index (κ2) is 12.3. The minimum Gasteiger partial charge on any atom is -0.483 e. The summed E-state index contributed by atoms with van der Waals surface area (Å²) < 4.78 is 19.4. The quantitative estimate of drug-likeness (QED) is 0.613. The minimum absolute atomic E-state index is 0.00559. The Morgan fingerprint density at radius 1 is 0.912 bits per heavy atom. The Balaban J connectivity index is 1.38. The predicted molar refractivity (Wildman–Crippen MR) is 133 cm³/mol. The number of halogens is 1. The number of carbonyl (C=O) groups is 1. The van der Waals surface area contributed by atoms with E-state index in [1.54, 1.807) is 12.1 Å². The highest BCUT2D eigenvalue weighted by Gasteiger charge is 2.17. The number of ether oxygens (including phenoxy) is 1. The van der Waals surface area contributed by atoms with E-state index >= 15 is 0 Å². The Morgan fingerprint density at radius 2 is 1.62 bits per heavy atom. The van der Waals surface area contributed by atoms with Gasteiger partial charge < -0.3 is 19.9 Å². The van der Waals surface area contributed by atoms with E-state index in [0.717, 1.165) is 74.8 Å². The van der Waals surface area contributed by atoms with Gasteiger partial charge in [0.2, 0.25) is 0 Å². The molecular formula is C27H37FN4O2. The third kappa shape index (κ3) is 7.26. The summed E-state index contributed by atoms with van der Waals surface area (Å²) in [6.07, 6.45) is 3.81. The van der Waals surface area contributed by atoms with Crippen molar-refractivity contribution in [2.75, 3.05) is 66.0 Å². The van der Waals surface area contributed by atoms with Gasteiger partial charge in [0.1, 0.15) is 11.6 Å². The zero-order valence-corrected chi connectivity index (χ0v) is 20.3. The van der Waals surface area contributed by atoms with Gasteiger partial charge in [-0.25, -0.2) is 4.39 Å². The van der Waals surface area contributed by atoms with E-state index in [0.29, 0.717) is 6.54 Å². The van der Waals surface area contributed by atoms with Crippen LogP contribution in [-0.4, -0.2) is 86.6 Å². The molecule has 0 unspecified atom stereocenters. The first kappa shape index (κ1) is 24.6. The number of rotatable bonds is 9. The predicted octanol–water partition coefficient (Wildman–Crippen LogP) is 3.22. The molecule has 2 aromatic carbocycles. The third-order valence-corrected chi connectivity index (χ3v) is 6.79. The second-order valence-corrected chi connectivity index (χ2v) is 9.45. The molecule has 0 bridgehead atoms. The first-order chi connectivity index (χ1) is 16.6. The lowest BCUT2D eigenvalue weighted by molar-refractivity contribution is -0.123. The average molecular weight is 469 g/mol. The standard InChI is InChI=1S/C27H37FN4O2/c1-30-15-17-32(18-16-30)20-24-19-23(22-5-8-25(28)9-6-22)7-10-26(24)34-21-27(33)29-11-14-31-12-3-2-4-13-31/h5-10,19H,2-4,11-18,20-21H2,1H3,(H,29,33). The lowest BCUT2D eigenvalue weighted by Crippen LogP contribution is -2.44. The minimum atomic E-state index is -0.243. The number of benzene rings is 2. The first-order valence-corrected chi connectivity index (χ1v) is 12.5. The van der Waals surface area contributed by atoms with Crippen LogP contribution in [0.25, 0.3) is 11.1 Å². The number of amides is 1. The zero-order chi connectivity index (χ0) is 23.8. The molecule has 34 heavy (non-hydrogen) atoms. The molecule has 2 saturated heterocycles. The number of likely N-dealkylation sites (N-methyl/N-ethyl adjacent to an activating group) is 1. The molecule has 0 atom stereocenters. The van der Waals surface area contributed by atoms with E-state index in [2.05, 4.69) is 33.1 Å². The molecule has 6 nitrogen and oxygen atoms in total. The second-order valence-electron chi connectivity index (χ2n) is 9.45. The van der Waals surface area contributed by atoms with Crippen LogP contribution in [-0.2, 0) is 11.3 Å². The van der Waals surface area contributed by atoms with Crippen molar-refractivity contribution in [1.82, 2.24) is 20.0 Å². The van der Waals surface area contributed by atoms with Gasteiger partial charge in [-0.1, -0.05) is 24.6 Å². The molecular weight excluding hydrogens is 431 g/mol. The molecule has 4 rings (SSSR count). The van der Waals surface area contributed by atoms with Crippen LogP contribution in [0.15, 0.2) is 42.5 Å². The molecule has 0 aromatic heterocycles. The Hall–Kier alpha value is -2.48. The molecule has 2 fully saturated rings. The van der Waals surface area contributed by atoms with Crippen LogP contribution in [0.5, 0.6) is 5.75 Å². The summed E-state index contributed by atoms with van der Waals surface area (Å²) in [6.45, 7) is 8.62. The number of piperidine rings is 1. The van der Waals surface area contributed by atoms with Crippen molar-refractivity contribution in [3.63, 3.8) is 0 Å². The van der Waals surface area contributed by atoms with E-state index in [4.69, 9.17) is 4.74 Å². The molecule has 7 heteroatoms. The summed E-state index contributed by atoms with van der Waals surface area (Å²) in [5, 5.41) is 2.99. The summed E-state index contributed by atoms with van der Waals surface area (Å²) in [7, 11) is 2.14. The fourth-order valence-electron chi connectivity index (χ4n) is 4.64. The number of hydrogen-bond acceptors (Lipinski definition) is 5. The monoisotopic (exact) mass is 468 g/mol. The van der Waals surface area contributed by atoms with Crippen LogP contribution in [0.1, 0.15) is 24.8 Å². The van der Waals surface area contributed by atoms with E-state index < -0.39 is 0 Å². The SMILES string of the molecule is CN1CCN(Cc2cc(-c3ccc(F)cc3)ccc2OCC(=O)NCCN2CCCCC2)CC1. The maximum atomic E-state index is 13.4. The van der Waals surface area contributed by atoms with Crippen molar-refractivity contribution in [2.24, 2.45) is 0 Å². The summed E-state index contributed by atoms with van der Waals surface area (Å²) >= 11 is 0. The van der Waals surface area contributed by atoms with Gasteiger partial charge in [0, 0.05) is 51.4 Å². The molecule has 0 spiro atoms. The van der Waals surface area contributed by atoms with E-state index in [1.807, 2.05) is 12.1 Å². The van der Waals surface area contributed by atoms with Gasteiger partial charge in [0.05, 0.1) is 0 Å². The number of nitrogens with zero attached hydrogens (tertiary/aromatic N) is 3. The van der Waals surface area contributed by atoms with Gasteiger partial charge in [0.25, 0.3) is 5.91 Å². The number of nitrogens with one attached hydrogen (secondary N) is 1. The van der Waals surface area contributed by atoms with Crippen molar-refractivity contribution in [2.45, 2.75) is 25.8 Å². The summed E-state index contributed by atoms with van der Waals surface area (Å²) in [6, 6.07) is 12.6. The van der Waals surface area contributed by atoms with Crippen molar-refractivity contribution in [3.8, 4) is 16.9 Å². The van der Waals surface area contributed by atoms with Gasteiger partial charge in [-0.2, -0.15) is 0 Å². The normalized spacial score (nSPS) is 18.1. The lowest BCUT2D eigenvalue weighted by Gasteiger charge is -2.32. The van der Waals surface area contributed by atoms with Gasteiger partial charge in [-0.15, -0.1) is 0 Å². The summed E-state index contributed by atoms with van der Waals surface area (Å²) in [5.41, 5.74) is 3.03. The molecule has 0 aliphatic carbocycles. The van der Waals surface area contributed by atoms with Gasteiger partial charge in [-0.05, 0) is 68.4 Å². The molecule has 1 amide bonds. The van der Waals surface area contributed by atoms with Crippen molar-refractivity contribution < 1.29 is 13.9 Å². The van der Waals surface area contributed by atoms with Crippen molar-refractivity contribution in [1.29, 1.82) is 0 Å². The topological polar surface area (TPSA) is 48.1 Å². The maximum Gasteiger partial charge on any atom is 0.257 e. The average Bonchev–Trinajstić information content (AvgIpc) is 2.86. The molecule has 184 valence electrons. The molecule has 1 N–H and O–H groups in total. The van der Waals surface area contributed by atoms with Crippen LogP contribution in [0.3, 0.4) is 0 Å². The summed E-state index contributed by atoms with van der Waals surface area (Å²) in [5.74, 6) is 0.397. The Bertz CT molecular complexity index is 923. The highest BCUT2D eigenvalue weighted by Crippen LogP contribution is 2.28. The maximum absolute atomic E-state index is 13.4. The van der Waals surface area contributed by atoms with Crippen LogP contribution in [0.4, 0.5) is 4.39 Å². The van der Waals surface area contributed by atoms with E-state index in [9.17, 15) is 9.18 Å². The molecule has 0 radical (unpaired) electrons. The number of piperazine rings is 1. The molecule has 0 saturated carbocycles. The molecule has 2 heterocycles. The van der Waals surface area contributed by atoms with E-state index in [1.165, 1.54) is 31.4 Å².